The molecule has 0 saturated carbocycles. The second-order valence-corrected chi connectivity index (χ2v) is 2.50. The van der Waals surface area contributed by atoms with Gasteiger partial charge in [-0.15, -0.1) is 0 Å². The molecule has 78 valence electrons. The van der Waals surface area contributed by atoms with Crippen LogP contribution in [0.5, 0.6) is 0 Å². The van der Waals surface area contributed by atoms with E-state index in [1.807, 2.05) is 0 Å². The number of rotatable bonds is 6. The van der Waals surface area contributed by atoms with Crippen LogP contribution in [0.1, 0.15) is 1.37 Å². The van der Waals surface area contributed by atoms with E-state index in [-0.39, 0.29) is 6.29 Å². The Balaban J connectivity index is 4.38. The zero-order valence-corrected chi connectivity index (χ0v) is 6.91. The van der Waals surface area contributed by atoms with Crippen LogP contribution in [0.4, 0.5) is 0 Å². The van der Waals surface area contributed by atoms with Crippen molar-refractivity contribution in [3.63, 3.8) is 0 Å². The van der Waals surface area contributed by atoms with Crippen LogP contribution in [0.25, 0.3) is 0 Å². The highest BCUT2D eigenvalue weighted by molar-refractivity contribution is 5.56. The number of hydrogen-bond donors (Lipinski definition) is 4. The Morgan fingerprint density at radius 1 is 1.54 bits per heavy atom. The van der Waals surface area contributed by atoms with Crippen molar-refractivity contribution >= 4 is 6.29 Å². The molecule has 0 heterocycles. The number of hydrogen-bond acceptors (Lipinski definition) is 6. The molecule has 0 aliphatic rings. The van der Waals surface area contributed by atoms with Gasteiger partial charge in [-0.2, -0.15) is 0 Å². The molecule has 13 heavy (non-hydrogen) atoms. The molecular formula is C7H14O6. The molecule has 0 unspecified atom stereocenters. The van der Waals surface area contributed by atoms with Crippen molar-refractivity contribution in [2.45, 2.75) is 24.4 Å². The Hall–Kier alpha value is -0.530. The monoisotopic (exact) mass is 195 g/mol. The second-order valence-electron chi connectivity index (χ2n) is 2.50. The Morgan fingerprint density at radius 3 is 2.54 bits per heavy atom. The van der Waals surface area contributed by atoms with E-state index in [9.17, 15) is 9.90 Å². The molecule has 0 aliphatic heterocycles. The Morgan fingerprint density at radius 2 is 2.15 bits per heavy atom. The normalized spacial score (nSPS) is 21.4. The van der Waals surface area contributed by atoms with E-state index in [0.29, 0.717) is 0 Å². The van der Waals surface area contributed by atoms with Crippen LogP contribution in [0, 0.1) is 0 Å². The predicted molar refractivity (Wildman–Crippen MR) is 42.0 cm³/mol. The zero-order valence-electron chi connectivity index (χ0n) is 7.91. The first-order valence-corrected chi connectivity index (χ1v) is 3.59. The summed E-state index contributed by atoms with van der Waals surface area (Å²) in [7, 11) is -0.565. The maximum atomic E-state index is 10.1. The third kappa shape index (κ3) is 3.37. The first-order valence-electron chi connectivity index (χ1n) is 4.30. The fraction of sp³-hybridized carbons (Fsp3) is 0.857. The highest BCUT2D eigenvalue weighted by Gasteiger charge is 2.31. The summed E-state index contributed by atoms with van der Waals surface area (Å²) in [4.78, 5) is 10.1. The molecule has 0 amide bonds. The Kier molecular flexibility index (Phi) is 4.87. The fourth-order valence-electron chi connectivity index (χ4n) is 0.816. The van der Waals surface area contributed by atoms with Crippen LogP contribution in [-0.2, 0) is 9.53 Å². The van der Waals surface area contributed by atoms with Crippen LogP contribution >= 0.6 is 0 Å². The fourth-order valence-corrected chi connectivity index (χ4v) is 0.816. The van der Waals surface area contributed by atoms with Gasteiger partial charge in [0.15, 0.2) is 6.29 Å². The minimum Gasteiger partial charge on any atom is -0.394 e. The summed E-state index contributed by atoms with van der Waals surface area (Å²) in [5.41, 5.74) is 0. The van der Waals surface area contributed by atoms with Crippen molar-refractivity contribution in [3.05, 3.63) is 0 Å². The summed E-state index contributed by atoms with van der Waals surface area (Å²) in [5, 5.41) is 35.8. The molecule has 0 aliphatic carbocycles. The van der Waals surface area contributed by atoms with Gasteiger partial charge in [0.1, 0.15) is 24.4 Å². The summed E-state index contributed by atoms with van der Waals surface area (Å²) in [6.07, 6.45) is -6.12. The van der Waals surface area contributed by atoms with Crippen molar-refractivity contribution in [2.24, 2.45) is 0 Å². The number of carbonyl (C=O) groups is 1. The topological polar surface area (TPSA) is 107 Å². The predicted octanol–water partition coefficient (Wildman–Crippen LogP) is -2.72. The van der Waals surface area contributed by atoms with Crippen LogP contribution < -0.4 is 0 Å². The first kappa shape index (κ1) is 10.6. The van der Waals surface area contributed by atoms with Gasteiger partial charge in [0.05, 0.1) is 7.98 Å². The summed E-state index contributed by atoms with van der Waals surface area (Å²) in [5.74, 6) is 0. The van der Waals surface area contributed by atoms with Crippen LogP contribution in [0.2, 0.25) is 0 Å². The summed E-state index contributed by atoms with van der Waals surface area (Å²) >= 11 is 0. The highest BCUT2D eigenvalue weighted by Crippen LogP contribution is 2.07. The number of aldehydes is 1. The molecule has 0 aromatic carbocycles. The van der Waals surface area contributed by atoms with Gasteiger partial charge in [0, 0.05) is 7.09 Å². The highest BCUT2D eigenvalue weighted by atomic mass is 16.5. The maximum absolute atomic E-state index is 10.1. The Labute approximate surface area is 76.8 Å². The average Bonchev–Trinajstić information content (AvgIpc) is 2.22. The second kappa shape index (κ2) is 6.01. The molecule has 4 N–H and O–H groups in total. The molecule has 0 saturated heterocycles. The first-order chi connectivity index (χ1) is 6.58. The molecular weight excluding hydrogens is 180 g/mol. The average molecular weight is 195 g/mol. The third-order valence-corrected chi connectivity index (χ3v) is 1.58. The van der Waals surface area contributed by atoms with Gasteiger partial charge in [0.2, 0.25) is 0 Å². The number of carbonyl (C=O) groups excluding carboxylic acids is 1. The molecule has 4 atom stereocenters. The maximum Gasteiger partial charge on any atom is 0.151 e. The van der Waals surface area contributed by atoms with E-state index in [1.165, 1.54) is 0 Å². The van der Waals surface area contributed by atoms with Gasteiger partial charge in [-0.3, -0.25) is 0 Å². The van der Waals surface area contributed by atoms with E-state index < -0.39 is 38.1 Å². The number of aliphatic hydroxyl groups is 4. The van der Waals surface area contributed by atoms with Crippen molar-refractivity contribution in [1.82, 2.24) is 0 Å². The molecule has 6 heteroatoms. The molecule has 0 fully saturated rings. The smallest absolute Gasteiger partial charge is 0.151 e. The number of methoxy groups -OCH3 is 1. The van der Waals surface area contributed by atoms with E-state index in [1.54, 1.807) is 0 Å². The standard InChI is InChI=1S/C7H14O6/c1-13-7(5(11)3-9)6(12)4(10)2-8/h2,4-7,9-12H,3H2,1H3/t4-,5-,6-,7-/m1/s1/i1D. The van der Waals surface area contributed by atoms with E-state index in [0.717, 1.165) is 0 Å². The molecule has 0 spiro atoms. The largest absolute Gasteiger partial charge is 0.394 e. The van der Waals surface area contributed by atoms with E-state index in [2.05, 4.69) is 4.74 Å². The van der Waals surface area contributed by atoms with Crippen molar-refractivity contribution in [2.75, 3.05) is 13.7 Å². The molecule has 0 rings (SSSR count). The quantitative estimate of drug-likeness (QED) is 0.343. The molecule has 0 aromatic rings. The van der Waals surface area contributed by atoms with Gasteiger partial charge in [-0.05, 0) is 0 Å². The van der Waals surface area contributed by atoms with Gasteiger partial charge in [-0.25, -0.2) is 0 Å². The minimum atomic E-state index is -1.72. The van der Waals surface area contributed by atoms with Crippen LogP contribution in [0.3, 0.4) is 0 Å². The lowest BCUT2D eigenvalue weighted by molar-refractivity contribution is -0.142. The van der Waals surface area contributed by atoms with Gasteiger partial charge in [0.25, 0.3) is 0 Å². The van der Waals surface area contributed by atoms with Crippen LogP contribution in [-0.4, -0.2) is 64.8 Å². The van der Waals surface area contributed by atoms with Crippen LogP contribution in [0.15, 0.2) is 0 Å². The van der Waals surface area contributed by atoms with Crippen molar-refractivity contribution < 1.29 is 31.3 Å². The lowest BCUT2D eigenvalue weighted by Gasteiger charge is -2.26. The van der Waals surface area contributed by atoms with Gasteiger partial charge < -0.3 is 30.0 Å². The number of aliphatic hydroxyl groups excluding tert-OH is 4. The van der Waals surface area contributed by atoms with Crippen molar-refractivity contribution in [3.8, 4) is 0 Å². The summed E-state index contributed by atoms with van der Waals surface area (Å²) in [6.45, 7) is -0.701. The zero-order chi connectivity index (χ0) is 11.1. The lowest BCUT2D eigenvalue weighted by Crippen LogP contribution is -2.47. The molecule has 6 nitrogen and oxygen atoms in total. The summed E-state index contributed by atoms with van der Waals surface area (Å²) in [6, 6.07) is 0. The third-order valence-electron chi connectivity index (χ3n) is 1.58. The summed E-state index contributed by atoms with van der Waals surface area (Å²) < 4.78 is 11.3. The molecule has 0 radical (unpaired) electrons. The Bertz CT molecular complexity index is 166. The number of ether oxygens (including phenoxy) is 1. The van der Waals surface area contributed by atoms with Gasteiger partial charge >= 0.3 is 0 Å². The van der Waals surface area contributed by atoms with Gasteiger partial charge in [-0.1, -0.05) is 0 Å². The molecule has 0 bridgehead atoms. The minimum absolute atomic E-state index is 0.0784. The lowest BCUT2D eigenvalue weighted by atomic mass is 10.0. The SMILES string of the molecule is [2H]CO[C@@H]([C@H](O)[C@H](O)C=O)[C@H](O)CO. The molecule has 0 aromatic heterocycles. The van der Waals surface area contributed by atoms with E-state index in [4.69, 9.17) is 16.7 Å². The van der Waals surface area contributed by atoms with E-state index >= 15 is 0 Å². The van der Waals surface area contributed by atoms with Crippen molar-refractivity contribution in [1.29, 1.82) is 0 Å².